The molecule has 1 aliphatic rings. The van der Waals surface area contributed by atoms with E-state index >= 15 is 0 Å². The van der Waals surface area contributed by atoms with Crippen LogP contribution in [0.25, 0.3) is 5.00 Å². The van der Waals surface area contributed by atoms with Crippen LogP contribution in [0.15, 0.2) is 59.6 Å². The number of aromatic nitrogens is 3. The third-order valence-electron chi connectivity index (χ3n) is 5.71. The van der Waals surface area contributed by atoms with E-state index in [0.717, 1.165) is 38.9 Å². The molecule has 0 bridgehead atoms. The van der Waals surface area contributed by atoms with Gasteiger partial charge >= 0.3 is 6.03 Å². The van der Waals surface area contributed by atoms with Crippen molar-refractivity contribution in [1.29, 1.82) is 0 Å². The number of nitrogens with one attached hydrogen (secondary N) is 2. The molecule has 0 fully saturated rings. The second-order valence-electron chi connectivity index (χ2n) is 8.04. The van der Waals surface area contributed by atoms with E-state index in [1.165, 1.54) is 10.4 Å². The van der Waals surface area contributed by atoms with Crippen molar-refractivity contribution in [3.63, 3.8) is 0 Å². The minimum absolute atomic E-state index is 0.251. The molecule has 2 aromatic carbocycles. The highest BCUT2D eigenvalue weighted by Gasteiger charge is 2.27. The summed E-state index contributed by atoms with van der Waals surface area (Å²) in [6.45, 7) is 6.91. The van der Waals surface area contributed by atoms with Gasteiger partial charge in [0.25, 0.3) is 0 Å². The number of rotatable bonds is 4. The van der Waals surface area contributed by atoms with Gasteiger partial charge in [-0.2, -0.15) is 0 Å². The Kier molecular flexibility index (Phi) is 5.51. The van der Waals surface area contributed by atoms with Crippen LogP contribution in [0.1, 0.15) is 38.8 Å². The zero-order valence-corrected chi connectivity index (χ0v) is 19.5. The third-order valence-corrected chi connectivity index (χ3v) is 6.90. The molecular formula is C25H24N6OS. The second kappa shape index (κ2) is 8.63. The highest BCUT2D eigenvalue weighted by molar-refractivity contribution is 7.15. The SMILES string of the molecule is Cc1cccc(NC(=O)NCc2nnc3n2-c2sc(C)c(C)c2C(c2ccccc2)=NC3)c1. The van der Waals surface area contributed by atoms with Gasteiger partial charge in [-0.1, -0.05) is 42.5 Å². The zero-order chi connectivity index (χ0) is 22.9. The molecule has 8 heteroatoms. The molecule has 1 aliphatic heterocycles. The van der Waals surface area contributed by atoms with E-state index in [9.17, 15) is 4.79 Å². The molecule has 0 saturated heterocycles. The van der Waals surface area contributed by atoms with Crippen LogP contribution in [0.3, 0.4) is 0 Å². The predicted molar refractivity (Wildman–Crippen MR) is 132 cm³/mol. The number of aliphatic imine (C=N–C) groups is 1. The third kappa shape index (κ3) is 4.05. The number of thiophene rings is 1. The largest absolute Gasteiger partial charge is 0.331 e. The first-order valence-corrected chi connectivity index (χ1v) is 11.6. The Balaban J connectivity index is 1.45. The molecular weight excluding hydrogens is 432 g/mol. The normalized spacial score (nSPS) is 12.4. The van der Waals surface area contributed by atoms with Gasteiger partial charge in [-0.3, -0.25) is 9.56 Å². The van der Waals surface area contributed by atoms with Gasteiger partial charge in [-0.25, -0.2) is 4.79 Å². The molecule has 0 aliphatic carbocycles. The van der Waals surface area contributed by atoms with Crippen molar-refractivity contribution in [2.24, 2.45) is 4.99 Å². The van der Waals surface area contributed by atoms with Crippen LogP contribution in [-0.2, 0) is 13.1 Å². The number of hydrogen-bond donors (Lipinski definition) is 2. The highest BCUT2D eigenvalue weighted by Crippen LogP contribution is 2.36. The summed E-state index contributed by atoms with van der Waals surface area (Å²) in [6.07, 6.45) is 0. The molecule has 0 atom stereocenters. The van der Waals surface area contributed by atoms with Gasteiger partial charge in [0.15, 0.2) is 11.6 Å². The maximum absolute atomic E-state index is 12.5. The van der Waals surface area contributed by atoms with E-state index in [1.807, 2.05) is 54.0 Å². The standard InChI is InChI=1S/C25H24N6OS/c1-15-8-7-11-19(12-15)28-25(32)27-14-21-30-29-20-13-26-23(18-9-5-4-6-10-18)22-16(2)17(3)33-24(22)31(20)21/h4-12H,13-14H2,1-3H3,(H2,27,28,32). The smallest absolute Gasteiger partial charge is 0.319 e. The van der Waals surface area contributed by atoms with E-state index in [4.69, 9.17) is 4.99 Å². The first kappa shape index (κ1) is 21.1. The first-order valence-electron chi connectivity index (χ1n) is 10.8. The fourth-order valence-corrected chi connectivity index (χ4v) is 5.17. The minimum atomic E-state index is -0.286. The first-order chi connectivity index (χ1) is 16.0. The number of anilines is 1. The minimum Gasteiger partial charge on any atom is -0.331 e. The van der Waals surface area contributed by atoms with Crippen molar-refractivity contribution in [3.05, 3.63) is 93.4 Å². The van der Waals surface area contributed by atoms with Crippen molar-refractivity contribution in [1.82, 2.24) is 20.1 Å². The van der Waals surface area contributed by atoms with E-state index in [2.05, 4.69) is 46.8 Å². The molecule has 2 N–H and O–H groups in total. The van der Waals surface area contributed by atoms with Gasteiger partial charge < -0.3 is 10.6 Å². The number of urea groups is 1. The Labute approximate surface area is 196 Å². The topological polar surface area (TPSA) is 84.2 Å². The Morgan fingerprint density at radius 1 is 1.06 bits per heavy atom. The molecule has 0 radical (unpaired) electrons. The molecule has 4 aromatic rings. The van der Waals surface area contributed by atoms with Gasteiger partial charge in [0.1, 0.15) is 11.5 Å². The van der Waals surface area contributed by atoms with Crippen molar-refractivity contribution in [2.75, 3.05) is 5.32 Å². The number of carbonyl (C=O) groups excluding carboxylic acids is 1. The lowest BCUT2D eigenvalue weighted by atomic mass is 10.00. The van der Waals surface area contributed by atoms with Crippen LogP contribution in [0.4, 0.5) is 10.5 Å². The number of nitrogens with zero attached hydrogens (tertiary/aromatic N) is 4. The summed E-state index contributed by atoms with van der Waals surface area (Å²) in [4.78, 5) is 18.6. The van der Waals surface area contributed by atoms with Crippen molar-refractivity contribution < 1.29 is 4.79 Å². The molecule has 3 heterocycles. The van der Waals surface area contributed by atoms with Gasteiger partial charge in [-0.05, 0) is 44.0 Å². The van der Waals surface area contributed by atoms with Crippen molar-refractivity contribution in [3.8, 4) is 5.00 Å². The van der Waals surface area contributed by atoms with Crippen LogP contribution in [0.5, 0.6) is 0 Å². The van der Waals surface area contributed by atoms with Crippen LogP contribution in [0, 0.1) is 20.8 Å². The van der Waals surface area contributed by atoms with E-state index in [1.54, 1.807) is 11.3 Å². The Morgan fingerprint density at radius 3 is 2.67 bits per heavy atom. The summed E-state index contributed by atoms with van der Waals surface area (Å²) < 4.78 is 2.05. The highest BCUT2D eigenvalue weighted by atomic mass is 32.1. The average Bonchev–Trinajstić information content (AvgIpc) is 3.29. The fourth-order valence-electron chi connectivity index (χ4n) is 3.97. The summed E-state index contributed by atoms with van der Waals surface area (Å²) in [7, 11) is 0. The number of fused-ring (bicyclic) bond motifs is 3. The van der Waals surface area contributed by atoms with Gasteiger partial charge in [-0.15, -0.1) is 21.5 Å². The maximum Gasteiger partial charge on any atom is 0.319 e. The summed E-state index contributed by atoms with van der Waals surface area (Å²) in [5, 5.41) is 15.6. The van der Waals surface area contributed by atoms with Gasteiger partial charge in [0.2, 0.25) is 0 Å². The summed E-state index contributed by atoms with van der Waals surface area (Å²) >= 11 is 1.70. The zero-order valence-electron chi connectivity index (χ0n) is 18.7. The number of carbonyl (C=O) groups is 1. The Bertz CT molecular complexity index is 1370. The quantitative estimate of drug-likeness (QED) is 0.457. The monoisotopic (exact) mass is 456 g/mol. The average molecular weight is 457 g/mol. The van der Waals surface area contributed by atoms with Crippen LogP contribution in [0.2, 0.25) is 0 Å². The fraction of sp³-hybridized carbons (Fsp3) is 0.200. The number of aryl methyl sites for hydroxylation is 2. The molecule has 7 nitrogen and oxygen atoms in total. The molecule has 5 rings (SSSR count). The molecule has 2 amide bonds. The second-order valence-corrected chi connectivity index (χ2v) is 9.24. The molecule has 166 valence electrons. The lowest BCUT2D eigenvalue weighted by molar-refractivity contribution is 0.251. The maximum atomic E-state index is 12.5. The van der Waals surface area contributed by atoms with E-state index in [-0.39, 0.29) is 12.6 Å². The summed E-state index contributed by atoms with van der Waals surface area (Å²) in [6, 6.07) is 17.6. The molecule has 2 aromatic heterocycles. The van der Waals surface area contributed by atoms with Gasteiger partial charge in [0, 0.05) is 21.7 Å². The lowest BCUT2D eigenvalue weighted by Crippen LogP contribution is -2.29. The van der Waals surface area contributed by atoms with Gasteiger partial charge in [0.05, 0.1) is 12.3 Å². The van der Waals surface area contributed by atoms with E-state index in [0.29, 0.717) is 12.4 Å². The number of benzene rings is 2. The number of amides is 2. The molecule has 0 saturated carbocycles. The van der Waals surface area contributed by atoms with Crippen LogP contribution in [-0.4, -0.2) is 26.5 Å². The Morgan fingerprint density at radius 2 is 1.88 bits per heavy atom. The summed E-state index contributed by atoms with van der Waals surface area (Å²) in [5.74, 6) is 1.44. The Hall–Kier alpha value is -3.78. The van der Waals surface area contributed by atoms with Crippen molar-refractivity contribution >= 4 is 28.8 Å². The number of hydrogen-bond acceptors (Lipinski definition) is 5. The van der Waals surface area contributed by atoms with Crippen LogP contribution >= 0.6 is 11.3 Å². The molecule has 0 unspecified atom stereocenters. The van der Waals surface area contributed by atoms with E-state index < -0.39 is 0 Å². The van der Waals surface area contributed by atoms with Crippen LogP contribution < -0.4 is 10.6 Å². The lowest BCUT2D eigenvalue weighted by Gasteiger charge is -2.11. The van der Waals surface area contributed by atoms with Crippen molar-refractivity contribution in [2.45, 2.75) is 33.9 Å². The summed E-state index contributed by atoms with van der Waals surface area (Å²) in [5.41, 5.74) is 6.19. The molecule has 33 heavy (non-hydrogen) atoms. The predicted octanol–water partition coefficient (Wildman–Crippen LogP) is 4.93. The molecule has 0 spiro atoms.